The van der Waals surface area contributed by atoms with Gasteiger partial charge in [0.2, 0.25) is 0 Å². The van der Waals surface area contributed by atoms with Crippen molar-refractivity contribution in [1.29, 1.82) is 0 Å². The molecule has 0 saturated carbocycles. The summed E-state index contributed by atoms with van der Waals surface area (Å²) in [5.41, 5.74) is 3.93. The Hall–Kier alpha value is -4.05. The molecule has 0 aliphatic heterocycles. The second kappa shape index (κ2) is 10.0. The van der Waals surface area contributed by atoms with Crippen LogP contribution < -0.4 is 10.2 Å². The molecule has 1 amide bonds. The molecule has 0 unspecified atom stereocenters. The highest BCUT2D eigenvalue weighted by Crippen LogP contribution is 2.22. The van der Waals surface area contributed by atoms with Crippen molar-refractivity contribution in [2.75, 3.05) is 0 Å². The van der Waals surface area contributed by atoms with Crippen LogP contribution in [0.15, 0.2) is 53.6 Å². The van der Waals surface area contributed by atoms with E-state index in [1.165, 1.54) is 24.6 Å². The smallest absolute Gasteiger partial charge is 0.343 e. The van der Waals surface area contributed by atoms with Gasteiger partial charge in [-0.1, -0.05) is 29.8 Å². The third kappa shape index (κ3) is 5.60. The van der Waals surface area contributed by atoms with Crippen molar-refractivity contribution in [3.63, 3.8) is 0 Å². The molecule has 0 saturated heterocycles. The maximum absolute atomic E-state index is 12.5. The lowest BCUT2D eigenvalue weighted by molar-refractivity contribution is -0.386. The van der Waals surface area contributed by atoms with E-state index in [0.29, 0.717) is 21.9 Å². The Labute approximate surface area is 194 Å². The number of carbonyl (C=O) groups excluding carboxylic acids is 2. The fourth-order valence-corrected chi connectivity index (χ4v) is 3.30. The van der Waals surface area contributed by atoms with E-state index in [9.17, 15) is 19.7 Å². The van der Waals surface area contributed by atoms with Crippen LogP contribution in [0.25, 0.3) is 0 Å². The quantitative estimate of drug-likeness (QED) is 0.184. The molecule has 0 fully saturated rings. The molecule has 0 radical (unpaired) electrons. The summed E-state index contributed by atoms with van der Waals surface area (Å²) >= 11 is 5.93. The zero-order chi connectivity index (χ0) is 24.1. The number of rotatable bonds is 7. The number of nitro groups is 1. The maximum atomic E-state index is 12.5. The lowest BCUT2D eigenvalue weighted by Gasteiger charge is -2.10. The SMILES string of the molecule is C/C(=N\NC(=O)Cn1nc(C)c([N+](=O)[O-])c1C)c1ccccc1OC(=O)c1cccc(Cl)c1. The fraction of sp³-hybridized carbons (Fsp3) is 0.182. The van der Waals surface area contributed by atoms with Gasteiger partial charge in [0.15, 0.2) is 0 Å². The molecular weight excluding hydrogens is 450 g/mol. The molecule has 10 nitrogen and oxygen atoms in total. The molecule has 33 heavy (non-hydrogen) atoms. The monoisotopic (exact) mass is 469 g/mol. The average Bonchev–Trinajstić information content (AvgIpc) is 3.05. The van der Waals surface area contributed by atoms with Gasteiger partial charge in [0, 0.05) is 10.6 Å². The molecule has 1 aromatic heterocycles. The van der Waals surface area contributed by atoms with E-state index in [0.717, 1.165) is 0 Å². The van der Waals surface area contributed by atoms with Gasteiger partial charge < -0.3 is 4.74 Å². The van der Waals surface area contributed by atoms with Crippen LogP contribution in [0, 0.1) is 24.0 Å². The van der Waals surface area contributed by atoms with Gasteiger partial charge in [0.05, 0.1) is 16.2 Å². The topological polar surface area (TPSA) is 129 Å². The molecule has 0 aliphatic carbocycles. The Morgan fingerprint density at radius 3 is 2.61 bits per heavy atom. The Balaban J connectivity index is 1.72. The highest BCUT2D eigenvalue weighted by Gasteiger charge is 2.22. The standard InChI is InChI=1S/C22H20ClN5O5/c1-13(24-25-20(29)12-27-15(3)21(28(31)32)14(2)26-27)18-9-4-5-10-19(18)33-22(30)16-7-6-8-17(23)11-16/h4-11H,12H2,1-3H3,(H,25,29)/b24-13+. The predicted octanol–water partition coefficient (Wildman–Crippen LogP) is 3.82. The van der Waals surface area contributed by atoms with E-state index in [2.05, 4.69) is 15.6 Å². The van der Waals surface area contributed by atoms with Gasteiger partial charge in [-0.25, -0.2) is 10.2 Å². The van der Waals surface area contributed by atoms with E-state index in [4.69, 9.17) is 16.3 Å². The molecule has 1 N–H and O–H groups in total. The number of nitrogens with zero attached hydrogens (tertiary/aromatic N) is 4. The first-order valence-corrected chi connectivity index (χ1v) is 10.1. The summed E-state index contributed by atoms with van der Waals surface area (Å²) in [4.78, 5) is 35.4. The lowest BCUT2D eigenvalue weighted by Crippen LogP contribution is -2.25. The average molecular weight is 470 g/mol. The first kappa shape index (κ1) is 23.6. The fourth-order valence-electron chi connectivity index (χ4n) is 3.11. The van der Waals surface area contributed by atoms with E-state index < -0.39 is 16.8 Å². The molecule has 1 heterocycles. The van der Waals surface area contributed by atoms with E-state index in [1.54, 1.807) is 49.4 Å². The van der Waals surface area contributed by atoms with Crippen LogP contribution in [0.2, 0.25) is 5.02 Å². The summed E-state index contributed by atoms with van der Waals surface area (Å²) in [6, 6.07) is 13.1. The largest absolute Gasteiger partial charge is 0.422 e. The van der Waals surface area contributed by atoms with Gasteiger partial charge in [-0.3, -0.25) is 19.6 Å². The molecule has 0 bridgehead atoms. The second-order valence-electron chi connectivity index (χ2n) is 7.06. The number of ether oxygens (including phenoxy) is 1. The number of aryl methyl sites for hydroxylation is 1. The maximum Gasteiger partial charge on any atom is 0.343 e. The summed E-state index contributed by atoms with van der Waals surface area (Å²) in [5.74, 6) is -0.858. The van der Waals surface area contributed by atoms with E-state index in [-0.39, 0.29) is 29.4 Å². The van der Waals surface area contributed by atoms with Crippen LogP contribution in [0.3, 0.4) is 0 Å². The molecule has 3 aromatic rings. The van der Waals surface area contributed by atoms with Gasteiger partial charge in [-0.2, -0.15) is 10.2 Å². The Morgan fingerprint density at radius 2 is 1.94 bits per heavy atom. The Kier molecular flexibility index (Phi) is 7.19. The number of benzene rings is 2. The van der Waals surface area contributed by atoms with Gasteiger partial charge in [-0.15, -0.1) is 0 Å². The number of para-hydroxylation sites is 1. The number of hydrogen-bond acceptors (Lipinski definition) is 7. The van der Waals surface area contributed by atoms with Crippen LogP contribution in [0.5, 0.6) is 5.75 Å². The molecule has 2 aromatic carbocycles. The van der Waals surface area contributed by atoms with Crippen molar-refractivity contribution in [1.82, 2.24) is 15.2 Å². The number of esters is 1. The minimum Gasteiger partial charge on any atom is -0.422 e. The predicted molar refractivity (Wildman–Crippen MR) is 122 cm³/mol. The van der Waals surface area contributed by atoms with Crippen molar-refractivity contribution in [3.8, 4) is 5.75 Å². The number of nitrogens with one attached hydrogen (secondary N) is 1. The molecule has 0 atom stereocenters. The van der Waals surface area contributed by atoms with Crippen molar-refractivity contribution < 1.29 is 19.2 Å². The number of aromatic nitrogens is 2. The summed E-state index contributed by atoms with van der Waals surface area (Å²) in [7, 11) is 0. The van der Waals surface area contributed by atoms with Crippen molar-refractivity contribution in [2.45, 2.75) is 27.3 Å². The van der Waals surface area contributed by atoms with Crippen LogP contribution in [-0.2, 0) is 11.3 Å². The normalized spacial score (nSPS) is 11.2. The van der Waals surface area contributed by atoms with Crippen molar-refractivity contribution in [3.05, 3.63) is 86.2 Å². The van der Waals surface area contributed by atoms with E-state index in [1.807, 2.05) is 0 Å². The minimum atomic E-state index is -0.590. The van der Waals surface area contributed by atoms with Gasteiger partial charge in [-0.05, 0) is 51.1 Å². The minimum absolute atomic E-state index is 0.127. The van der Waals surface area contributed by atoms with Crippen LogP contribution in [-0.4, -0.2) is 32.3 Å². The Morgan fingerprint density at radius 1 is 1.21 bits per heavy atom. The van der Waals surface area contributed by atoms with Gasteiger partial charge >= 0.3 is 11.7 Å². The van der Waals surface area contributed by atoms with Crippen molar-refractivity contribution in [2.24, 2.45) is 5.10 Å². The zero-order valence-corrected chi connectivity index (χ0v) is 18.8. The Bertz CT molecular complexity index is 1270. The number of halogens is 1. The van der Waals surface area contributed by atoms with Gasteiger partial charge in [0.25, 0.3) is 5.91 Å². The van der Waals surface area contributed by atoms with Crippen LogP contribution >= 0.6 is 11.6 Å². The number of hydrazone groups is 1. The first-order chi connectivity index (χ1) is 15.7. The number of amides is 1. The molecule has 3 rings (SSSR count). The molecule has 11 heteroatoms. The molecule has 0 spiro atoms. The first-order valence-electron chi connectivity index (χ1n) is 9.76. The number of carbonyl (C=O) groups is 2. The summed E-state index contributed by atoms with van der Waals surface area (Å²) < 4.78 is 6.74. The highest BCUT2D eigenvalue weighted by atomic mass is 35.5. The number of hydrogen-bond donors (Lipinski definition) is 1. The third-order valence-corrected chi connectivity index (χ3v) is 4.94. The summed E-state index contributed by atoms with van der Waals surface area (Å²) in [6.45, 7) is 4.41. The molecule has 170 valence electrons. The van der Waals surface area contributed by atoms with Crippen LogP contribution in [0.4, 0.5) is 5.69 Å². The lowest BCUT2D eigenvalue weighted by atomic mass is 10.1. The van der Waals surface area contributed by atoms with Gasteiger partial charge in [0.1, 0.15) is 23.7 Å². The highest BCUT2D eigenvalue weighted by molar-refractivity contribution is 6.30. The zero-order valence-electron chi connectivity index (χ0n) is 18.0. The van der Waals surface area contributed by atoms with E-state index >= 15 is 0 Å². The summed E-state index contributed by atoms with van der Waals surface area (Å²) in [5, 5.41) is 19.6. The third-order valence-electron chi connectivity index (χ3n) is 4.71. The molecular formula is C22H20ClN5O5. The second-order valence-corrected chi connectivity index (χ2v) is 7.50. The summed E-state index contributed by atoms with van der Waals surface area (Å²) in [6.07, 6.45) is 0. The van der Waals surface area contributed by atoms with Crippen LogP contribution in [0.1, 0.15) is 34.2 Å². The molecule has 0 aliphatic rings. The van der Waals surface area contributed by atoms with Crippen molar-refractivity contribution >= 4 is 34.9 Å².